The number of ether oxygens (including phenoxy) is 1. The predicted octanol–water partition coefficient (Wildman–Crippen LogP) is 3.75. The van der Waals surface area contributed by atoms with Gasteiger partial charge in [-0.3, -0.25) is 0 Å². The molecule has 0 spiro atoms. The molecule has 0 unspecified atom stereocenters. The molecule has 0 saturated carbocycles. The molecule has 1 saturated heterocycles. The molecule has 0 aromatic heterocycles. The zero-order valence-corrected chi connectivity index (χ0v) is 12.4. The van der Waals surface area contributed by atoms with Crippen molar-refractivity contribution in [1.82, 2.24) is 5.32 Å². The molecule has 0 radical (unpaired) electrons. The second-order valence-corrected chi connectivity index (χ2v) is 5.41. The highest BCUT2D eigenvalue weighted by atomic mass is 35.5. The van der Waals surface area contributed by atoms with Crippen molar-refractivity contribution in [2.24, 2.45) is 5.92 Å². The Hall–Kier alpha value is -0.800. The summed E-state index contributed by atoms with van der Waals surface area (Å²) in [7, 11) is 0. The van der Waals surface area contributed by atoms with Crippen molar-refractivity contribution < 1.29 is 9.13 Å². The lowest BCUT2D eigenvalue weighted by molar-refractivity contribution is 0.269. The molecule has 0 bridgehead atoms. The molecule has 1 fully saturated rings. The van der Waals surface area contributed by atoms with Crippen LogP contribution < -0.4 is 10.1 Å². The maximum absolute atomic E-state index is 14.1. The second kappa shape index (κ2) is 7.71. The van der Waals surface area contributed by atoms with E-state index in [1.807, 2.05) is 12.1 Å². The number of hydrogen-bond acceptors (Lipinski definition) is 2. The fourth-order valence-electron chi connectivity index (χ4n) is 2.32. The van der Waals surface area contributed by atoms with E-state index in [0.717, 1.165) is 31.5 Å². The number of piperidine rings is 1. The average Bonchev–Trinajstić information content (AvgIpc) is 2.37. The van der Waals surface area contributed by atoms with E-state index in [0.29, 0.717) is 24.2 Å². The summed E-state index contributed by atoms with van der Waals surface area (Å²) in [6.45, 7) is 6.76. The largest absolute Gasteiger partial charge is 0.493 e. The lowest BCUT2D eigenvalue weighted by Crippen LogP contribution is -2.27. The van der Waals surface area contributed by atoms with Gasteiger partial charge >= 0.3 is 0 Å². The highest BCUT2D eigenvalue weighted by Crippen LogP contribution is 2.29. The van der Waals surface area contributed by atoms with Crippen molar-refractivity contribution >= 4 is 12.4 Å². The van der Waals surface area contributed by atoms with Gasteiger partial charge in [0.25, 0.3) is 0 Å². The van der Waals surface area contributed by atoms with E-state index in [1.54, 1.807) is 0 Å². The van der Waals surface area contributed by atoms with Gasteiger partial charge in [-0.15, -0.1) is 12.4 Å². The molecule has 1 aromatic carbocycles. The van der Waals surface area contributed by atoms with Crippen molar-refractivity contribution in [3.63, 3.8) is 0 Å². The summed E-state index contributed by atoms with van der Waals surface area (Å²) in [5.41, 5.74) is 0.841. The minimum atomic E-state index is -0.122. The van der Waals surface area contributed by atoms with Crippen molar-refractivity contribution in [3.8, 4) is 5.75 Å². The lowest BCUT2D eigenvalue weighted by Gasteiger charge is -2.23. The fourth-order valence-corrected chi connectivity index (χ4v) is 2.32. The van der Waals surface area contributed by atoms with Gasteiger partial charge in [0.2, 0.25) is 0 Å². The van der Waals surface area contributed by atoms with E-state index in [-0.39, 0.29) is 18.2 Å². The number of halogens is 2. The van der Waals surface area contributed by atoms with Crippen LogP contribution in [0.1, 0.15) is 38.2 Å². The van der Waals surface area contributed by atoms with Crippen molar-refractivity contribution in [2.45, 2.75) is 32.6 Å². The molecule has 2 nitrogen and oxygen atoms in total. The molecule has 108 valence electrons. The molecule has 0 amide bonds. The van der Waals surface area contributed by atoms with Crippen LogP contribution in [0, 0.1) is 11.7 Å². The summed E-state index contributed by atoms with van der Waals surface area (Å²) in [6, 6.07) is 5.31. The van der Waals surface area contributed by atoms with E-state index in [9.17, 15) is 4.39 Å². The van der Waals surface area contributed by atoms with Gasteiger partial charge in [-0.05, 0) is 49.4 Å². The Kier molecular flexibility index (Phi) is 6.59. The van der Waals surface area contributed by atoms with Crippen LogP contribution in [0.2, 0.25) is 0 Å². The molecule has 0 aliphatic carbocycles. The molecule has 1 heterocycles. The highest BCUT2D eigenvalue weighted by molar-refractivity contribution is 5.85. The van der Waals surface area contributed by atoms with Gasteiger partial charge in [0.15, 0.2) is 0 Å². The molecular weight excluding hydrogens is 265 g/mol. The maximum Gasteiger partial charge on any atom is 0.130 e. The van der Waals surface area contributed by atoms with Gasteiger partial charge in [0.1, 0.15) is 11.6 Å². The van der Waals surface area contributed by atoms with Gasteiger partial charge in [-0.25, -0.2) is 4.39 Å². The maximum atomic E-state index is 14.1. The zero-order valence-electron chi connectivity index (χ0n) is 11.6. The first-order valence-electron chi connectivity index (χ1n) is 6.80. The minimum Gasteiger partial charge on any atom is -0.493 e. The van der Waals surface area contributed by atoms with Gasteiger partial charge in [-0.1, -0.05) is 19.9 Å². The molecule has 1 aliphatic heterocycles. The third-order valence-electron chi connectivity index (χ3n) is 3.33. The van der Waals surface area contributed by atoms with Crippen molar-refractivity contribution in [3.05, 3.63) is 29.6 Å². The normalized spacial score (nSPS) is 16.2. The van der Waals surface area contributed by atoms with Crippen LogP contribution in [-0.4, -0.2) is 19.7 Å². The Morgan fingerprint density at radius 1 is 1.32 bits per heavy atom. The summed E-state index contributed by atoms with van der Waals surface area (Å²) in [4.78, 5) is 0. The SMILES string of the molecule is CC(C)COc1ccc(C2CCNCC2)c(F)c1.Cl. The Morgan fingerprint density at radius 2 is 2.00 bits per heavy atom. The number of rotatable bonds is 4. The Bertz CT molecular complexity index is 392. The third kappa shape index (κ3) is 4.66. The van der Waals surface area contributed by atoms with E-state index >= 15 is 0 Å². The fraction of sp³-hybridized carbons (Fsp3) is 0.600. The van der Waals surface area contributed by atoms with Crippen LogP contribution in [0.5, 0.6) is 5.75 Å². The zero-order chi connectivity index (χ0) is 13.0. The molecule has 4 heteroatoms. The number of nitrogens with one attached hydrogen (secondary N) is 1. The third-order valence-corrected chi connectivity index (χ3v) is 3.33. The lowest BCUT2D eigenvalue weighted by atomic mass is 9.90. The van der Waals surface area contributed by atoms with Crippen LogP contribution >= 0.6 is 12.4 Å². The van der Waals surface area contributed by atoms with E-state index < -0.39 is 0 Å². The Labute approximate surface area is 121 Å². The molecule has 1 aliphatic rings. The Morgan fingerprint density at radius 3 is 2.58 bits per heavy atom. The summed E-state index contributed by atoms with van der Waals surface area (Å²) >= 11 is 0. The highest BCUT2D eigenvalue weighted by Gasteiger charge is 2.18. The van der Waals surface area contributed by atoms with E-state index in [1.165, 1.54) is 6.07 Å². The molecular formula is C15H23ClFNO. The van der Waals surface area contributed by atoms with Crippen molar-refractivity contribution in [1.29, 1.82) is 0 Å². The summed E-state index contributed by atoms with van der Waals surface area (Å²) in [5, 5.41) is 3.30. The standard InChI is InChI=1S/C15H22FNO.ClH/c1-11(2)10-18-13-3-4-14(15(16)9-13)12-5-7-17-8-6-12;/h3-4,9,11-12,17H,5-8,10H2,1-2H3;1H. The Balaban J connectivity index is 0.00000180. The van der Waals surface area contributed by atoms with Crippen LogP contribution in [0.25, 0.3) is 0 Å². The molecule has 1 N–H and O–H groups in total. The van der Waals surface area contributed by atoms with Gasteiger partial charge < -0.3 is 10.1 Å². The number of benzene rings is 1. The minimum absolute atomic E-state index is 0. The van der Waals surface area contributed by atoms with Gasteiger partial charge in [0.05, 0.1) is 6.61 Å². The van der Waals surface area contributed by atoms with Gasteiger partial charge in [-0.2, -0.15) is 0 Å². The first kappa shape index (κ1) is 16.3. The quantitative estimate of drug-likeness (QED) is 0.911. The second-order valence-electron chi connectivity index (χ2n) is 5.41. The first-order valence-corrected chi connectivity index (χ1v) is 6.80. The van der Waals surface area contributed by atoms with E-state index in [4.69, 9.17) is 4.74 Å². The molecule has 0 atom stereocenters. The first-order chi connectivity index (χ1) is 8.66. The molecule has 1 aromatic rings. The summed E-state index contributed by atoms with van der Waals surface area (Å²) < 4.78 is 19.6. The average molecular weight is 288 g/mol. The monoisotopic (exact) mass is 287 g/mol. The summed E-state index contributed by atoms with van der Waals surface area (Å²) in [5.74, 6) is 1.32. The number of hydrogen-bond donors (Lipinski definition) is 1. The summed E-state index contributed by atoms with van der Waals surface area (Å²) in [6.07, 6.45) is 2.03. The molecule has 2 rings (SSSR count). The topological polar surface area (TPSA) is 21.3 Å². The van der Waals surface area contributed by atoms with Crippen LogP contribution in [0.4, 0.5) is 4.39 Å². The van der Waals surface area contributed by atoms with Crippen molar-refractivity contribution in [2.75, 3.05) is 19.7 Å². The predicted molar refractivity (Wildman–Crippen MR) is 78.8 cm³/mol. The van der Waals surface area contributed by atoms with Crippen LogP contribution in [0.3, 0.4) is 0 Å². The van der Waals surface area contributed by atoms with Gasteiger partial charge in [0, 0.05) is 6.07 Å². The smallest absolute Gasteiger partial charge is 0.130 e. The van der Waals surface area contributed by atoms with Crippen LogP contribution in [0.15, 0.2) is 18.2 Å². The van der Waals surface area contributed by atoms with Crippen LogP contribution in [-0.2, 0) is 0 Å². The molecule has 19 heavy (non-hydrogen) atoms. The van der Waals surface area contributed by atoms with E-state index in [2.05, 4.69) is 19.2 Å².